The Morgan fingerprint density at radius 1 is 1.33 bits per heavy atom. The van der Waals surface area contributed by atoms with Crippen LogP contribution in [0, 0.1) is 11.8 Å². The van der Waals surface area contributed by atoms with Crippen LogP contribution in [0.15, 0.2) is 0 Å². The van der Waals surface area contributed by atoms with E-state index in [1.807, 2.05) is 7.05 Å². The lowest BCUT2D eigenvalue weighted by Gasteiger charge is -2.22. The monoisotopic (exact) mass is 233 g/mol. The van der Waals surface area contributed by atoms with Gasteiger partial charge in [0.25, 0.3) is 0 Å². The summed E-state index contributed by atoms with van der Waals surface area (Å²) in [6.07, 6.45) is 7.38. The number of hydrogen-bond donors (Lipinski definition) is 1. The summed E-state index contributed by atoms with van der Waals surface area (Å²) in [6, 6.07) is 0. The van der Waals surface area contributed by atoms with Crippen LogP contribution in [0.1, 0.15) is 32.1 Å². The molecule has 1 unspecified atom stereocenters. The molecule has 1 N–H and O–H groups in total. The van der Waals surface area contributed by atoms with Crippen molar-refractivity contribution in [1.82, 2.24) is 5.32 Å². The third kappa shape index (κ3) is 4.98. The minimum Gasteiger partial charge on any atom is -0.319 e. The molecule has 0 spiro atoms. The Bertz CT molecular complexity index is 268. The van der Waals surface area contributed by atoms with Gasteiger partial charge >= 0.3 is 0 Å². The number of sulfone groups is 1. The van der Waals surface area contributed by atoms with Crippen molar-refractivity contribution in [1.29, 1.82) is 0 Å². The van der Waals surface area contributed by atoms with E-state index in [0.717, 1.165) is 18.9 Å². The average Bonchev–Trinajstić information content (AvgIpc) is 2.63. The molecule has 0 bridgehead atoms. The Morgan fingerprint density at radius 2 is 1.93 bits per heavy atom. The van der Waals surface area contributed by atoms with Crippen molar-refractivity contribution < 1.29 is 8.42 Å². The molecule has 0 aromatic heterocycles. The van der Waals surface area contributed by atoms with E-state index < -0.39 is 9.84 Å². The van der Waals surface area contributed by atoms with E-state index in [1.54, 1.807) is 0 Å². The fourth-order valence-corrected chi connectivity index (χ4v) is 3.29. The van der Waals surface area contributed by atoms with Crippen molar-refractivity contribution in [2.45, 2.75) is 32.1 Å². The van der Waals surface area contributed by atoms with Crippen molar-refractivity contribution >= 4 is 9.84 Å². The van der Waals surface area contributed by atoms with Crippen molar-refractivity contribution in [2.75, 3.05) is 25.6 Å². The van der Waals surface area contributed by atoms with Gasteiger partial charge in [0, 0.05) is 6.26 Å². The highest BCUT2D eigenvalue weighted by molar-refractivity contribution is 7.90. The van der Waals surface area contributed by atoms with Crippen molar-refractivity contribution in [3.63, 3.8) is 0 Å². The fourth-order valence-electron chi connectivity index (χ4n) is 2.56. The van der Waals surface area contributed by atoms with Crippen LogP contribution >= 0.6 is 0 Å². The van der Waals surface area contributed by atoms with E-state index in [-0.39, 0.29) is 0 Å². The second-order valence-electron chi connectivity index (χ2n) is 4.78. The molecule has 15 heavy (non-hydrogen) atoms. The summed E-state index contributed by atoms with van der Waals surface area (Å²) >= 11 is 0. The molecule has 0 aromatic carbocycles. The Balaban J connectivity index is 2.42. The molecule has 0 aliphatic heterocycles. The molecule has 1 aliphatic carbocycles. The topological polar surface area (TPSA) is 46.2 Å². The lowest BCUT2D eigenvalue weighted by molar-refractivity contribution is 0.322. The molecule has 1 atom stereocenters. The number of rotatable bonds is 6. The quantitative estimate of drug-likeness (QED) is 0.755. The SMILES string of the molecule is CNCC(CCS(C)(=O)=O)C1CCCC1. The van der Waals surface area contributed by atoms with Gasteiger partial charge in [-0.25, -0.2) is 8.42 Å². The molecule has 4 heteroatoms. The van der Waals surface area contributed by atoms with Gasteiger partial charge in [-0.3, -0.25) is 0 Å². The normalized spacial score (nSPS) is 20.7. The smallest absolute Gasteiger partial charge is 0.147 e. The van der Waals surface area contributed by atoms with Crippen LogP contribution in [-0.2, 0) is 9.84 Å². The second-order valence-corrected chi connectivity index (χ2v) is 7.04. The molecule has 0 heterocycles. The highest BCUT2D eigenvalue weighted by Gasteiger charge is 2.25. The van der Waals surface area contributed by atoms with E-state index in [4.69, 9.17) is 0 Å². The van der Waals surface area contributed by atoms with Crippen molar-refractivity contribution in [2.24, 2.45) is 11.8 Å². The highest BCUT2D eigenvalue weighted by atomic mass is 32.2. The summed E-state index contributed by atoms with van der Waals surface area (Å²) in [4.78, 5) is 0. The molecule has 1 rings (SSSR count). The van der Waals surface area contributed by atoms with Crippen LogP contribution in [0.25, 0.3) is 0 Å². The van der Waals surface area contributed by atoms with Crippen molar-refractivity contribution in [3.8, 4) is 0 Å². The van der Waals surface area contributed by atoms with E-state index in [2.05, 4.69) is 5.32 Å². The number of hydrogen-bond acceptors (Lipinski definition) is 3. The van der Waals surface area contributed by atoms with Crippen LogP contribution in [-0.4, -0.2) is 34.0 Å². The Kier molecular flexibility index (Phi) is 5.06. The standard InChI is InChI=1S/C11H23NO2S/c1-12-9-11(7-8-15(2,13)14)10-5-3-4-6-10/h10-12H,3-9H2,1-2H3. The third-order valence-electron chi connectivity index (χ3n) is 3.39. The van der Waals surface area contributed by atoms with Gasteiger partial charge in [-0.15, -0.1) is 0 Å². The molecule has 3 nitrogen and oxygen atoms in total. The molecule has 90 valence electrons. The Morgan fingerprint density at radius 3 is 2.40 bits per heavy atom. The molecule has 1 saturated carbocycles. The van der Waals surface area contributed by atoms with Gasteiger partial charge in [-0.2, -0.15) is 0 Å². The summed E-state index contributed by atoms with van der Waals surface area (Å²) in [7, 11) is -0.848. The van der Waals surface area contributed by atoms with E-state index >= 15 is 0 Å². The molecule has 0 amide bonds. The lowest BCUT2D eigenvalue weighted by Crippen LogP contribution is -2.26. The maximum Gasteiger partial charge on any atom is 0.147 e. The van der Waals surface area contributed by atoms with Crippen LogP contribution in [0.3, 0.4) is 0 Å². The molecular weight excluding hydrogens is 210 g/mol. The van der Waals surface area contributed by atoms with Gasteiger partial charge in [-0.05, 0) is 31.8 Å². The zero-order valence-corrected chi connectivity index (χ0v) is 10.6. The van der Waals surface area contributed by atoms with Gasteiger partial charge < -0.3 is 5.32 Å². The Labute approximate surface area is 93.6 Å². The maximum atomic E-state index is 11.1. The molecule has 1 aliphatic rings. The molecular formula is C11H23NO2S. The van der Waals surface area contributed by atoms with Gasteiger partial charge in [0.2, 0.25) is 0 Å². The summed E-state index contributed by atoms with van der Waals surface area (Å²) in [5, 5.41) is 3.19. The first-order valence-electron chi connectivity index (χ1n) is 5.85. The lowest BCUT2D eigenvalue weighted by atomic mass is 9.89. The highest BCUT2D eigenvalue weighted by Crippen LogP contribution is 2.32. The van der Waals surface area contributed by atoms with Crippen LogP contribution in [0.4, 0.5) is 0 Å². The van der Waals surface area contributed by atoms with Crippen LogP contribution in [0.5, 0.6) is 0 Å². The Hall–Kier alpha value is -0.0900. The number of nitrogens with one attached hydrogen (secondary N) is 1. The van der Waals surface area contributed by atoms with E-state index in [1.165, 1.54) is 31.9 Å². The zero-order valence-electron chi connectivity index (χ0n) is 9.83. The second kappa shape index (κ2) is 5.85. The van der Waals surface area contributed by atoms with Crippen LogP contribution < -0.4 is 5.32 Å². The van der Waals surface area contributed by atoms with Gasteiger partial charge in [0.05, 0.1) is 5.75 Å². The van der Waals surface area contributed by atoms with E-state index in [9.17, 15) is 8.42 Å². The minimum atomic E-state index is -2.79. The minimum absolute atomic E-state index is 0.343. The van der Waals surface area contributed by atoms with Gasteiger partial charge in [0.15, 0.2) is 0 Å². The predicted octanol–water partition coefficient (Wildman–Crippen LogP) is 1.45. The summed E-state index contributed by atoms with van der Waals surface area (Å²) < 4.78 is 22.3. The molecule has 0 aromatic rings. The first-order valence-corrected chi connectivity index (χ1v) is 7.91. The summed E-state index contributed by atoms with van der Waals surface area (Å²) in [6.45, 7) is 0.959. The molecule has 1 fully saturated rings. The van der Waals surface area contributed by atoms with E-state index in [0.29, 0.717) is 11.7 Å². The van der Waals surface area contributed by atoms with Gasteiger partial charge in [-0.1, -0.05) is 25.7 Å². The largest absolute Gasteiger partial charge is 0.319 e. The first-order chi connectivity index (χ1) is 7.03. The molecule has 0 saturated heterocycles. The fraction of sp³-hybridized carbons (Fsp3) is 1.00. The first kappa shape index (κ1) is 13.0. The van der Waals surface area contributed by atoms with Crippen molar-refractivity contribution in [3.05, 3.63) is 0 Å². The molecule has 0 radical (unpaired) electrons. The zero-order chi connectivity index (χ0) is 11.3. The summed E-state index contributed by atoms with van der Waals surface area (Å²) in [5.41, 5.74) is 0. The van der Waals surface area contributed by atoms with Gasteiger partial charge in [0.1, 0.15) is 9.84 Å². The predicted molar refractivity (Wildman–Crippen MR) is 63.7 cm³/mol. The van der Waals surface area contributed by atoms with Crippen LogP contribution in [0.2, 0.25) is 0 Å². The maximum absolute atomic E-state index is 11.1. The summed E-state index contributed by atoms with van der Waals surface area (Å²) in [5.74, 6) is 1.64. The third-order valence-corrected chi connectivity index (χ3v) is 4.37. The average molecular weight is 233 g/mol.